The van der Waals surface area contributed by atoms with E-state index in [0.717, 1.165) is 11.4 Å². The summed E-state index contributed by atoms with van der Waals surface area (Å²) in [5, 5.41) is 9.12. The number of aliphatic carboxylic acids is 1. The Balaban J connectivity index is 1.73. The molecule has 3 N–H and O–H groups in total. The Hall–Kier alpha value is -3.79. The zero-order valence-electron chi connectivity index (χ0n) is 34.4. The van der Waals surface area contributed by atoms with Crippen LogP contribution < -0.4 is 4.90 Å². The summed E-state index contributed by atoms with van der Waals surface area (Å²) in [6.45, 7) is 8.59. The fraction of sp³-hybridized carbons (Fsp3) is 0.512. The van der Waals surface area contributed by atoms with Gasteiger partial charge in [0.15, 0.2) is 5.71 Å². The molecule has 0 aliphatic carbocycles. The fourth-order valence-corrected chi connectivity index (χ4v) is 9.43. The average molecular weight is 897 g/mol. The minimum absolute atomic E-state index is 0.00816. The Morgan fingerprint density at radius 2 is 1.48 bits per heavy atom. The number of hydrogen-bond acceptors (Lipinski definition) is 12. The maximum atomic E-state index is 12.2. The monoisotopic (exact) mass is 896 g/mol. The lowest BCUT2D eigenvalue weighted by Crippen LogP contribution is -2.32. The van der Waals surface area contributed by atoms with Crippen LogP contribution in [0.2, 0.25) is 0 Å². The van der Waals surface area contributed by atoms with Crippen LogP contribution in [0.5, 0.6) is 0 Å². The molecular formula is C41H56N2O14S3. The maximum Gasteiger partial charge on any atom is 0.303 e. The summed E-state index contributed by atoms with van der Waals surface area (Å²) in [6, 6.07) is 8.61. The lowest BCUT2D eigenvalue weighted by molar-refractivity contribution is -0.438. The van der Waals surface area contributed by atoms with Crippen LogP contribution in [0, 0.1) is 0 Å². The zero-order chi connectivity index (χ0) is 44.4. The third kappa shape index (κ3) is 12.4. The molecule has 0 radical (unpaired) electrons. The Morgan fingerprint density at radius 1 is 0.817 bits per heavy atom. The lowest BCUT2D eigenvalue weighted by Gasteiger charge is -2.30. The molecule has 16 nitrogen and oxygen atoms in total. The molecule has 0 saturated carbocycles. The third-order valence-corrected chi connectivity index (χ3v) is 13.4. The molecule has 0 spiro atoms. The molecule has 2 aliphatic rings. The number of hydrogen-bond donors (Lipinski definition) is 3. The van der Waals surface area contributed by atoms with Gasteiger partial charge in [0.05, 0.1) is 47.4 Å². The van der Waals surface area contributed by atoms with Gasteiger partial charge in [0.25, 0.3) is 20.2 Å². The van der Waals surface area contributed by atoms with Gasteiger partial charge in [-0.05, 0) is 94.8 Å². The molecule has 2 unspecified atom stereocenters. The molecule has 0 amide bonds. The number of nitrogens with zero attached hydrogens (tertiary/aromatic N) is 2. The highest BCUT2D eigenvalue weighted by molar-refractivity contribution is 7.86. The predicted molar refractivity (Wildman–Crippen MR) is 224 cm³/mol. The lowest BCUT2D eigenvalue weighted by atomic mass is 9.76. The topological polar surface area (TPSA) is 237 Å². The smallest absolute Gasteiger partial charge is 0.303 e. The van der Waals surface area contributed by atoms with E-state index >= 15 is 0 Å². The summed E-state index contributed by atoms with van der Waals surface area (Å²) >= 11 is 0. The van der Waals surface area contributed by atoms with Crippen LogP contribution in [0.1, 0.15) is 76.8 Å². The van der Waals surface area contributed by atoms with E-state index in [4.69, 9.17) is 19.3 Å². The highest BCUT2D eigenvalue weighted by atomic mass is 32.2. The highest BCUT2D eigenvalue weighted by Gasteiger charge is 2.48. The second-order valence-electron chi connectivity index (χ2n) is 15.1. The zero-order valence-corrected chi connectivity index (χ0v) is 36.9. The van der Waals surface area contributed by atoms with Crippen molar-refractivity contribution in [3.63, 3.8) is 0 Å². The second-order valence-corrected chi connectivity index (χ2v) is 19.5. The predicted octanol–water partition coefficient (Wildman–Crippen LogP) is 5.37. The standard InChI is InChI=1S/C41H56N2O14S3/c1-5-42-35-18-16-31(59(49,50)51)29-33(35)41(3,21-23-56-26-27-57-25-24-55-4)37(42)13-8-6-9-14-38-40(2,20-12-28-58(46,47)48)34-30-32(60(52,53)54)17-19-36(34)43(38)22-11-7-10-15-39(44)45/h6,8-9,13-14,16-19,29-30H,5,7,10-12,15,20-28H2,1-4H3,(H3-,44,45,46,47,48,49,50,51,52,53,54). The van der Waals surface area contributed by atoms with E-state index in [0.29, 0.717) is 94.3 Å². The molecule has 2 atom stereocenters. The van der Waals surface area contributed by atoms with Crippen molar-refractivity contribution in [3.8, 4) is 0 Å². The number of likely N-dealkylation sites (N-methyl/N-ethyl adjacent to an activating group) is 1. The van der Waals surface area contributed by atoms with Gasteiger partial charge in [-0.1, -0.05) is 18.2 Å². The van der Waals surface area contributed by atoms with Crippen LogP contribution in [0.25, 0.3) is 0 Å². The number of methoxy groups -OCH3 is 1. The number of ether oxygens (including phenoxy) is 3. The molecule has 0 bridgehead atoms. The van der Waals surface area contributed by atoms with Crippen LogP contribution in [0.4, 0.5) is 11.4 Å². The second kappa shape index (κ2) is 20.9. The van der Waals surface area contributed by atoms with Gasteiger partial charge in [0.2, 0.25) is 5.69 Å². The summed E-state index contributed by atoms with van der Waals surface area (Å²) in [7, 11) is -12.1. The Morgan fingerprint density at radius 3 is 2.12 bits per heavy atom. The van der Waals surface area contributed by atoms with Gasteiger partial charge in [-0.25, -0.2) is 8.42 Å². The van der Waals surface area contributed by atoms with E-state index < -0.39 is 52.9 Å². The summed E-state index contributed by atoms with van der Waals surface area (Å²) < 4.78 is 122. The van der Waals surface area contributed by atoms with E-state index in [-0.39, 0.29) is 29.1 Å². The third-order valence-electron chi connectivity index (χ3n) is 11.0. The number of rotatable bonds is 25. The number of unbranched alkanes of at least 4 members (excludes halogenated alkanes) is 2. The van der Waals surface area contributed by atoms with Crippen molar-refractivity contribution in [3.05, 3.63) is 83.6 Å². The van der Waals surface area contributed by atoms with Crippen LogP contribution in [0.15, 0.2) is 82.3 Å². The van der Waals surface area contributed by atoms with Crippen molar-refractivity contribution in [1.82, 2.24) is 0 Å². The van der Waals surface area contributed by atoms with Crippen molar-refractivity contribution in [2.45, 2.75) is 86.3 Å². The first kappa shape index (κ1) is 48.9. The first-order valence-electron chi connectivity index (χ1n) is 19.7. The highest BCUT2D eigenvalue weighted by Crippen LogP contribution is 2.50. The van der Waals surface area contributed by atoms with Crippen LogP contribution in [-0.4, -0.2) is 119 Å². The SMILES string of the molecule is CCN1/C(=C/C=C/C=C/C2=[N+](CCCCCC(=O)O)c3ccc(S(=O)(=O)O)cc3C2(C)CCCS(=O)(=O)O)C(C)(CCOCCOCCOC)c2cc(S(=O)(=O)[O-])ccc21. The van der Waals surface area contributed by atoms with Gasteiger partial charge in [-0.3, -0.25) is 13.9 Å². The van der Waals surface area contributed by atoms with E-state index in [9.17, 15) is 43.7 Å². The van der Waals surface area contributed by atoms with Crippen molar-refractivity contribution in [1.29, 1.82) is 0 Å². The van der Waals surface area contributed by atoms with Crippen molar-refractivity contribution >= 4 is 53.4 Å². The molecule has 2 aliphatic heterocycles. The van der Waals surface area contributed by atoms with Crippen LogP contribution >= 0.6 is 0 Å². The molecule has 2 heterocycles. The van der Waals surface area contributed by atoms with Gasteiger partial charge in [-0.2, -0.15) is 21.4 Å². The van der Waals surface area contributed by atoms with E-state index in [1.807, 2.05) is 48.5 Å². The average Bonchev–Trinajstić information content (AvgIpc) is 3.53. The molecule has 60 heavy (non-hydrogen) atoms. The first-order valence-corrected chi connectivity index (χ1v) is 24.1. The molecule has 4 rings (SSSR count). The first-order chi connectivity index (χ1) is 28.2. The Bertz CT molecular complexity index is 2320. The van der Waals surface area contributed by atoms with Gasteiger partial charge >= 0.3 is 5.97 Å². The molecule has 2 aromatic carbocycles. The molecule has 0 saturated heterocycles. The van der Waals surface area contributed by atoms with Crippen molar-refractivity contribution in [2.24, 2.45) is 0 Å². The van der Waals surface area contributed by atoms with E-state index in [2.05, 4.69) is 0 Å². The fourth-order valence-electron chi connectivity index (χ4n) is 7.92. The van der Waals surface area contributed by atoms with E-state index in [1.54, 1.807) is 31.4 Å². The number of anilines is 1. The number of allylic oxidation sites excluding steroid dienone is 6. The van der Waals surface area contributed by atoms with Crippen molar-refractivity contribution in [2.75, 3.05) is 63.9 Å². The molecule has 0 fully saturated rings. The largest absolute Gasteiger partial charge is 0.744 e. The number of carboxylic acid groups (broad SMARTS) is 1. The minimum Gasteiger partial charge on any atom is -0.744 e. The van der Waals surface area contributed by atoms with Gasteiger partial charge in [-0.15, -0.1) is 0 Å². The molecule has 2 aromatic rings. The van der Waals surface area contributed by atoms with Gasteiger partial charge < -0.3 is 28.8 Å². The Kier molecular flexibility index (Phi) is 17.0. The molecule has 332 valence electrons. The summed E-state index contributed by atoms with van der Waals surface area (Å²) in [5.41, 5.74) is 2.37. The maximum absolute atomic E-state index is 12.2. The molecule has 19 heteroatoms. The summed E-state index contributed by atoms with van der Waals surface area (Å²) in [6.07, 6.45) is 11.4. The summed E-state index contributed by atoms with van der Waals surface area (Å²) in [5.74, 6) is -1.43. The van der Waals surface area contributed by atoms with Crippen LogP contribution in [0.3, 0.4) is 0 Å². The van der Waals surface area contributed by atoms with Gasteiger partial charge in [0, 0.05) is 67.6 Å². The number of carbonyl (C=O) groups is 1. The Labute approximate surface area is 353 Å². The molecule has 0 aromatic heterocycles. The normalized spacial score (nSPS) is 20.2. The van der Waals surface area contributed by atoms with Crippen LogP contribution in [-0.2, 0) is 60.2 Å². The molecular weight excluding hydrogens is 841 g/mol. The number of fused-ring (bicyclic) bond motifs is 2. The van der Waals surface area contributed by atoms with Crippen molar-refractivity contribution < 1.29 is 67.6 Å². The quantitative estimate of drug-likeness (QED) is 0.0492. The summed E-state index contributed by atoms with van der Waals surface area (Å²) in [4.78, 5) is 12.5. The minimum atomic E-state index is -4.74. The number of carboxylic acids is 1. The van der Waals surface area contributed by atoms with Gasteiger partial charge in [0.1, 0.15) is 16.7 Å². The van der Waals surface area contributed by atoms with E-state index in [1.165, 1.54) is 24.3 Å². The number of benzene rings is 2.